The Balaban J connectivity index is 2.82. The molecule has 0 saturated carbocycles. The maximum absolute atomic E-state index is 5.55. The molecule has 0 aliphatic carbocycles. The first kappa shape index (κ1) is 12.8. The summed E-state index contributed by atoms with van der Waals surface area (Å²) >= 11 is 0. The monoisotopic (exact) mass is 224 g/mol. The first-order valence-electron chi connectivity index (χ1n) is 5.36. The Bertz CT molecular complexity index is 307. The molecule has 0 unspecified atom stereocenters. The van der Waals surface area contributed by atoms with Crippen LogP contribution < -0.4 is 20.5 Å². The standard InChI is InChI=1S/C12H20N2O2/c1-9(7-13)14-8-10-11(15-2)5-4-6-12(10)16-3/h4-6,9,14H,7-8,13H2,1-3H3/t9-/m0/s1. The Hall–Kier alpha value is -1.26. The first-order chi connectivity index (χ1) is 7.72. The Morgan fingerprint density at radius 3 is 2.25 bits per heavy atom. The molecule has 4 nitrogen and oxygen atoms in total. The molecule has 1 aromatic carbocycles. The minimum atomic E-state index is 0.273. The lowest BCUT2D eigenvalue weighted by atomic mass is 10.1. The number of benzene rings is 1. The highest BCUT2D eigenvalue weighted by atomic mass is 16.5. The summed E-state index contributed by atoms with van der Waals surface area (Å²) in [7, 11) is 3.31. The zero-order valence-corrected chi connectivity index (χ0v) is 10.1. The maximum Gasteiger partial charge on any atom is 0.127 e. The van der Waals surface area contributed by atoms with E-state index in [0.717, 1.165) is 17.1 Å². The highest BCUT2D eigenvalue weighted by Crippen LogP contribution is 2.27. The summed E-state index contributed by atoms with van der Waals surface area (Å²) in [4.78, 5) is 0. The van der Waals surface area contributed by atoms with E-state index in [1.807, 2.05) is 25.1 Å². The zero-order chi connectivity index (χ0) is 12.0. The lowest BCUT2D eigenvalue weighted by Gasteiger charge is -2.16. The molecule has 3 N–H and O–H groups in total. The fourth-order valence-corrected chi connectivity index (χ4v) is 1.46. The zero-order valence-electron chi connectivity index (χ0n) is 10.1. The van der Waals surface area contributed by atoms with Crippen LogP contribution in [0.25, 0.3) is 0 Å². The van der Waals surface area contributed by atoms with Crippen LogP contribution in [-0.2, 0) is 6.54 Å². The third-order valence-corrected chi connectivity index (χ3v) is 2.51. The molecule has 0 spiro atoms. The maximum atomic E-state index is 5.55. The first-order valence-corrected chi connectivity index (χ1v) is 5.36. The molecule has 4 heteroatoms. The van der Waals surface area contributed by atoms with Crippen molar-refractivity contribution in [1.29, 1.82) is 0 Å². The van der Waals surface area contributed by atoms with E-state index in [9.17, 15) is 0 Å². The number of hydrogen-bond donors (Lipinski definition) is 2. The summed E-state index contributed by atoms with van der Waals surface area (Å²) in [6, 6.07) is 6.03. The fraction of sp³-hybridized carbons (Fsp3) is 0.500. The van der Waals surface area contributed by atoms with Gasteiger partial charge in [-0.15, -0.1) is 0 Å². The molecule has 16 heavy (non-hydrogen) atoms. The van der Waals surface area contributed by atoms with E-state index in [2.05, 4.69) is 5.32 Å². The highest BCUT2D eigenvalue weighted by molar-refractivity contribution is 5.44. The van der Waals surface area contributed by atoms with Gasteiger partial charge in [0.1, 0.15) is 11.5 Å². The van der Waals surface area contributed by atoms with Gasteiger partial charge in [-0.05, 0) is 19.1 Å². The third kappa shape index (κ3) is 3.12. The van der Waals surface area contributed by atoms with E-state index in [-0.39, 0.29) is 6.04 Å². The largest absolute Gasteiger partial charge is 0.496 e. The Kier molecular flexibility index (Phi) is 5.08. The number of nitrogens with one attached hydrogen (secondary N) is 1. The average Bonchev–Trinajstić information content (AvgIpc) is 2.35. The summed E-state index contributed by atoms with van der Waals surface area (Å²) in [6.07, 6.45) is 0. The van der Waals surface area contributed by atoms with Crippen molar-refractivity contribution in [2.75, 3.05) is 20.8 Å². The summed E-state index contributed by atoms with van der Waals surface area (Å²) in [6.45, 7) is 3.34. The van der Waals surface area contributed by atoms with Crippen LogP contribution in [0, 0.1) is 0 Å². The number of ether oxygens (including phenoxy) is 2. The molecular formula is C12H20N2O2. The number of nitrogens with two attached hydrogens (primary N) is 1. The van der Waals surface area contributed by atoms with Crippen molar-refractivity contribution in [2.24, 2.45) is 5.73 Å². The highest BCUT2D eigenvalue weighted by Gasteiger charge is 2.10. The van der Waals surface area contributed by atoms with E-state index in [4.69, 9.17) is 15.2 Å². The molecule has 0 saturated heterocycles. The minimum Gasteiger partial charge on any atom is -0.496 e. The summed E-state index contributed by atoms with van der Waals surface area (Å²) in [5, 5.41) is 3.31. The van der Waals surface area contributed by atoms with Gasteiger partial charge in [0.2, 0.25) is 0 Å². The number of rotatable bonds is 6. The molecule has 0 heterocycles. The van der Waals surface area contributed by atoms with Crippen LogP contribution in [0.4, 0.5) is 0 Å². The predicted octanol–water partition coefficient (Wildman–Crippen LogP) is 1.14. The van der Waals surface area contributed by atoms with Gasteiger partial charge in [0.05, 0.1) is 14.2 Å². The van der Waals surface area contributed by atoms with E-state index < -0.39 is 0 Å². The lowest BCUT2D eigenvalue weighted by Crippen LogP contribution is -2.32. The topological polar surface area (TPSA) is 56.5 Å². The van der Waals surface area contributed by atoms with Crippen molar-refractivity contribution in [3.8, 4) is 11.5 Å². The van der Waals surface area contributed by atoms with Gasteiger partial charge in [-0.25, -0.2) is 0 Å². The summed E-state index contributed by atoms with van der Waals surface area (Å²) < 4.78 is 10.6. The second kappa shape index (κ2) is 6.35. The lowest BCUT2D eigenvalue weighted by molar-refractivity contribution is 0.380. The second-order valence-corrected chi connectivity index (χ2v) is 3.66. The minimum absolute atomic E-state index is 0.273. The SMILES string of the molecule is COc1cccc(OC)c1CN[C@@H](C)CN. The molecule has 0 radical (unpaired) electrons. The van der Waals surface area contributed by atoms with Crippen molar-refractivity contribution in [2.45, 2.75) is 19.5 Å². The van der Waals surface area contributed by atoms with Gasteiger partial charge in [0.15, 0.2) is 0 Å². The Morgan fingerprint density at radius 2 is 1.81 bits per heavy atom. The average molecular weight is 224 g/mol. The molecule has 0 amide bonds. The van der Waals surface area contributed by atoms with Crippen molar-refractivity contribution in [3.63, 3.8) is 0 Å². The van der Waals surface area contributed by atoms with Crippen LogP contribution in [0.5, 0.6) is 11.5 Å². The Morgan fingerprint density at radius 1 is 1.25 bits per heavy atom. The molecule has 1 rings (SSSR count). The van der Waals surface area contributed by atoms with E-state index in [0.29, 0.717) is 13.1 Å². The van der Waals surface area contributed by atoms with Gasteiger partial charge in [-0.1, -0.05) is 6.07 Å². The van der Waals surface area contributed by atoms with E-state index in [1.54, 1.807) is 14.2 Å². The summed E-state index contributed by atoms with van der Waals surface area (Å²) in [5.41, 5.74) is 6.57. The molecule has 0 bridgehead atoms. The van der Waals surface area contributed by atoms with Crippen LogP contribution in [-0.4, -0.2) is 26.8 Å². The number of hydrogen-bond acceptors (Lipinski definition) is 4. The van der Waals surface area contributed by atoms with Gasteiger partial charge in [-0.3, -0.25) is 0 Å². The van der Waals surface area contributed by atoms with Crippen molar-refractivity contribution in [1.82, 2.24) is 5.32 Å². The van der Waals surface area contributed by atoms with Crippen molar-refractivity contribution in [3.05, 3.63) is 23.8 Å². The van der Waals surface area contributed by atoms with Gasteiger partial charge in [0, 0.05) is 24.7 Å². The molecule has 0 aliphatic heterocycles. The van der Waals surface area contributed by atoms with Gasteiger partial charge >= 0.3 is 0 Å². The molecular weight excluding hydrogens is 204 g/mol. The molecule has 1 atom stereocenters. The molecule has 0 aromatic heterocycles. The van der Waals surface area contributed by atoms with E-state index >= 15 is 0 Å². The smallest absolute Gasteiger partial charge is 0.127 e. The van der Waals surface area contributed by atoms with E-state index in [1.165, 1.54) is 0 Å². The second-order valence-electron chi connectivity index (χ2n) is 3.66. The summed E-state index contributed by atoms with van der Waals surface area (Å²) in [5.74, 6) is 1.66. The Labute approximate surface area is 96.7 Å². The normalized spacial score (nSPS) is 12.2. The van der Waals surface area contributed by atoms with Gasteiger partial charge in [0.25, 0.3) is 0 Å². The molecule has 90 valence electrons. The molecule has 1 aromatic rings. The van der Waals surface area contributed by atoms with Crippen LogP contribution in [0.1, 0.15) is 12.5 Å². The van der Waals surface area contributed by atoms with Crippen LogP contribution >= 0.6 is 0 Å². The molecule has 0 fully saturated rings. The van der Waals surface area contributed by atoms with Crippen molar-refractivity contribution >= 4 is 0 Å². The van der Waals surface area contributed by atoms with Gasteiger partial charge in [-0.2, -0.15) is 0 Å². The van der Waals surface area contributed by atoms with Crippen LogP contribution in [0.2, 0.25) is 0 Å². The van der Waals surface area contributed by atoms with Crippen LogP contribution in [0.3, 0.4) is 0 Å². The third-order valence-electron chi connectivity index (χ3n) is 2.51. The molecule has 0 aliphatic rings. The fourth-order valence-electron chi connectivity index (χ4n) is 1.46. The predicted molar refractivity (Wildman–Crippen MR) is 64.9 cm³/mol. The van der Waals surface area contributed by atoms with Gasteiger partial charge < -0.3 is 20.5 Å². The van der Waals surface area contributed by atoms with Crippen molar-refractivity contribution < 1.29 is 9.47 Å². The quantitative estimate of drug-likeness (QED) is 0.761. The van der Waals surface area contributed by atoms with Crippen LogP contribution in [0.15, 0.2) is 18.2 Å². The number of methoxy groups -OCH3 is 2.